The number of hydrogen-bond acceptors (Lipinski definition) is 4. The van der Waals surface area contributed by atoms with E-state index in [9.17, 15) is 9.59 Å². The molecule has 1 aliphatic heterocycles. The average molecular weight is 427 g/mol. The van der Waals surface area contributed by atoms with Gasteiger partial charge in [0.25, 0.3) is 0 Å². The molecule has 0 spiro atoms. The van der Waals surface area contributed by atoms with E-state index in [4.69, 9.17) is 4.74 Å². The number of anilines is 2. The number of nitrogens with one attached hydrogen (secondary N) is 1. The first-order valence-corrected chi connectivity index (χ1v) is 11.4. The molecule has 2 aromatic rings. The molecule has 0 saturated carbocycles. The third kappa shape index (κ3) is 5.57. The van der Waals surface area contributed by atoms with Crippen molar-refractivity contribution in [2.45, 2.75) is 33.4 Å². The number of thioether (sulfide) groups is 1. The Hall–Kier alpha value is -2.47. The van der Waals surface area contributed by atoms with Crippen molar-refractivity contribution in [1.29, 1.82) is 0 Å². The van der Waals surface area contributed by atoms with Crippen molar-refractivity contribution in [3.8, 4) is 5.75 Å². The van der Waals surface area contributed by atoms with Crippen LogP contribution < -0.4 is 15.0 Å². The second-order valence-electron chi connectivity index (χ2n) is 8.69. The Morgan fingerprint density at radius 2 is 1.93 bits per heavy atom. The van der Waals surface area contributed by atoms with Crippen molar-refractivity contribution in [2.24, 2.45) is 11.3 Å². The highest BCUT2D eigenvalue weighted by Gasteiger charge is 2.38. The molecule has 1 aliphatic rings. The first kappa shape index (κ1) is 22.2. The van der Waals surface area contributed by atoms with Crippen LogP contribution in [-0.2, 0) is 15.3 Å². The number of fused-ring (bicyclic) bond motifs is 1. The van der Waals surface area contributed by atoms with Crippen molar-refractivity contribution in [2.75, 3.05) is 29.1 Å². The van der Waals surface area contributed by atoms with E-state index in [-0.39, 0.29) is 11.8 Å². The van der Waals surface area contributed by atoms with Crippen molar-refractivity contribution < 1.29 is 14.3 Å². The number of carbonyl (C=O) groups excluding carboxylic acids is 2. The molecular weight excluding hydrogens is 396 g/mol. The van der Waals surface area contributed by atoms with Crippen LogP contribution in [0.1, 0.15) is 33.3 Å². The van der Waals surface area contributed by atoms with Crippen LogP contribution in [0.2, 0.25) is 0 Å². The fourth-order valence-electron chi connectivity index (χ4n) is 3.30. The highest BCUT2D eigenvalue weighted by molar-refractivity contribution is 7.99. The Labute approximate surface area is 183 Å². The summed E-state index contributed by atoms with van der Waals surface area (Å²) in [5.41, 5.74) is 1.98. The van der Waals surface area contributed by atoms with Crippen LogP contribution in [0.15, 0.2) is 48.5 Å². The minimum atomic E-state index is -0.606. The predicted octanol–water partition coefficient (Wildman–Crippen LogP) is 4.97. The molecule has 3 rings (SSSR count). The fourth-order valence-corrected chi connectivity index (χ4v) is 4.09. The molecule has 2 aromatic carbocycles. The zero-order valence-electron chi connectivity index (χ0n) is 18.1. The lowest BCUT2D eigenvalue weighted by Crippen LogP contribution is -2.43. The topological polar surface area (TPSA) is 58.6 Å². The van der Waals surface area contributed by atoms with Gasteiger partial charge in [-0.05, 0) is 43.5 Å². The van der Waals surface area contributed by atoms with Crippen LogP contribution in [-0.4, -0.2) is 30.7 Å². The smallest absolute Gasteiger partial charge is 0.236 e. The molecule has 0 unspecified atom stereocenters. The molecule has 160 valence electrons. The quantitative estimate of drug-likeness (QED) is 0.679. The minimum Gasteiger partial charge on any atom is -0.490 e. The summed E-state index contributed by atoms with van der Waals surface area (Å²) in [6, 6.07) is 15.6. The van der Waals surface area contributed by atoms with Gasteiger partial charge in [0.2, 0.25) is 11.8 Å². The lowest BCUT2D eigenvalue weighted by atomic mass is 9.92. The second-order valence-corrected chi connectivity index (χ2v) is 9.68. The third-order valence-corrected chi connectivity index (χ3v) is 5.84. The first-order chi connectivity index (χ1) is 14.3. The van der Waals surface area contributed by atoms with Gasteiger partial charge in [-0.15, -0.1) is 11.8 Å². The summed E-state index contributed by atoms with van der Waals surface area (Å²) in [6.45, 7) is 8.91. The van der Waals surface area contributed by atoms with Crippen LogP contribution >= 0.6 is 11.8 Å². The summed E-state index contributed by atoms with van der Waals surface area (Å²) in [7, 11) is 0. The summed E-state index contributed by atoms with van der Waals surface area (Å²) in [5.74, 6) is 2.11. The Bertz CT molecular complexity index is 897. The van der Waals surface area contributed by atoms with Crippen molar-refractivity contribution >= 4 is 35.0 Å². The molecule has 6 heteroatoms. The van der Waals surface area contributed by atoms with Crippen LogP contribution in [0.3, 0.4) is 0 Å². The highest BCUT2D eigenvalue weighted by Crippen LogP contribution is 2.38. The van der Waals surface area contributed by atoms with Gasteiger partial charge in [-0.2, -0.15) is 0 Å². The number of rotatable bonds is 7. The SMILES string of the molecule is CC(C)CN1C(=O)C(C)(C)COc2ccc(NC(=O)CSCc3ccccc3)cc21. The Morgan fingerprint density at radius 3 is 2.63 bits per heavy atom. The van der Waals surface area contributed by atoms with Gasteiger partial charge in [-0.1, -0.05) is 44.2 Å². The van der Waals surface area contributed by atoms with Crippen molar-refractivity contribution in [3.05, 3.63) is 54.1 Å². The van der Waals surface area contributed by atoms with Crippen LogP contribution in [0.5, 0.6) is 5.75 Å². The van der Waals surface area contributed by atoms with Crippen LogP contribution in [0.4, 0.5) is 11.4 Å². The van der Waals surface area contributed by atoms with Gasteiger partial charge < -0.3 is 15.0 Å². The number of benzene rings is 2. The van der Waals surface area contributed by atoms with E-state index in [1.807, 2.05) is 50.2 Å². The fraction of sp³-hybridized carbons (Fsp3) is 0.417. The molecule has 1 N–H and O–H groups in total. The normalized spacial score (nSPS) is 15.4. The zero-order chi connectivity index (χ0) is 21.7. The van der Waals surface area contributed by atoms with Gasteiger partial charge in [0.15, 0.2) is 0 Å². The molecule has 5 nitrogen and oxygen atoms in total. The maximum Gasteiger partial charge on any atom is 0.236 e. The zero-order valence-corrected chi connectivity index (χ0v) is 18.9. The van der Waals surface area contributed by atoms with Gasteiger partial charge in [0.1, 0.15) is 12.4 Å². The molecule has 30 heavy (non-hydrogen) atoms. The summed E-state index contributed by atoms with van der Waals surface area (Å²) >= 11 is 1.57. The standard InChI is InChI=1S/C24H30N2O3S/c1-17(2)13-26-20-12-19(10-11-21(20)29-16-24(3,4)23(26)28)25-22(27)15-30-14-18-8-6-5-7-9-18/h5-12,17H,13-16H2,1-4H3,(H,25,27). The van der Waals surface area contributed by atoms with Gasteiger partial charge in [-0.25, -0.2) is 0 Å². The van der Waals surface area contributed by atoms with Crippen molar-refractivity contribution in [1.82, 2.24) is 0 Å². The van der Waals surface area contributed by atoms with Gasteiger partial charge in [0, 0.05) is 18.0 Å². The van der Waals surface area contributed by atoms with Crippen LogP contribution in [0, 0.1) is 11.3 Å². The lowest BCUT2D eigenvalue weighted by molar-refractivity contribution is -0.127. The molecule has 0 atom stereocenters. The molecule has 0 fully saturated rings. The highest BCUT2D eigenvalue weighted by atomic mass is 32.2. The Kier molecular flexibility index (Phi) is 7.08. The largest absolute Gasteiger partial charge is 0.490 e. The summed E-state index contributed by atoms with van der Waals surface area (Å²) in [4.78, 5) is 27.4. The summed E-state index contributed by atoms with van der Waals surface area (Å²) in [6.07, 6.45) is 0. The maximum atomic E-state index is 13.1. The van der Waals surface area contributed by atoms with E-state index in [2.05, 4.69) is 31.3 Å². The number of hydrogen-bond donors (Lipinski definition) is 1. The van der Waals surface area contributed by atoms with E-state index in [0.29, 0.717) is 41.9 Å². The van der Waals surface area contributed by atoms with E-state index >= 15 is 0 Å². The van der Waals surface area contributed by atoms with E-state index in [0.717, 1.165) is 5.75 Å². The first-order valence-electron chi connectivity index (χ1n) is 10.3. The third-order valence-electron chi connectivity index (χ3n) is 4.84. The molecule has 2 amide bonds. The average Bonchev–Trinajstić information content (AvgIpc) is 2.79. The van der Waals surface area contributed by atoms with E-state index < -0.39 is 5.41 Å². The van der Waals surface area contributed by atoms with Gasteiger partial charge in [0.05, 0.1) is 16.9 Å². The number of ether oxygens (including phenoxy) is 1. The molecule has 0 aromatic heterocycles. The Balaban J connectivity index is 1.70. The molecule has 0 radical (unpaired) electrons. The number of carbonyl (C=O) groups is 2. The number of amides is 2. The Morgan fingerprint density at radius 1 is 1.20 bits per heavy atom. The molecule has 0 aliphatic carbocycles. The number of nitrogens with zero attached hydrogens (tertiary/aromatic N) is 1. The molecule has 1 heterocycles. The summed E-state index contributed by atoms with van der Waals surface area (Å²) in [5, 5.41) is 2.95. The van der Waals surface area contributed by atoms with Crippen molar-refractivity contribution in [3.63, 3.8) is 0 Å². The van der Waals surface area contributed by atoms with Crippen LogP contribution in [0.25, 0.3) is 0 Å². The second kappa shape index (κ2) is 9.56. The monoisotopic (exact) mass is 426 g/mol. The van der Waals surface area contributed by atoms with Gasteiger partial charge in [-0.3, -0.25) is 9.59 Å². The minimum absolute atomic E-state index is 0.0387. The molecule has 0 saturated heterocycles. The van der Waals surface area contributed by atoms with Gasteiger partial charge >= 0.3 is 0 Å². The molecule has 0 bridgehead atoms. The van der Waals surface area contributed by atoms with E-state index in [1.54, 1.807) is 16.7 Å². The maximum absolute atomic E-state index is 13.1. The molecular formula is C24H30N2O3S. The predicted molar refractivity (Wildman–Crippen MR) is 124 cm³/mol. The van der Waals surface area contributed by atoms with E-state index in [1.165, 1.54) is 5.56 Å². The lowest BCUT2D eigenvalue weighted by Gasteiger charge is -2.29. The summed E-state index contributed by atoms with van der Waals surface area (Å²) < 4.78 is 5.94.